The molecule has 0 saturated carbocycles. The predicted octanol–water partition coefficient (Wildman–Crippen LogP) is 0.381. The highest BCUT2D eigenvalue weighted by Crippen LogP contribution is 2.18. The summed E-state index contributed by atoms with van der Waals surface area (Å²) in [5.41, 5.74) is 0. The van der Waals surface area contributed by atoms with E-state index in [0.29, 0.717) is 13.2 Å². The smallest absolute Gasteiger partial charge is 0.239 e. The molecule has 0 bridgehead atoms. The average Bonchev–Trinajstić information content (AvgIpc) is 2.15. The summed E-state index contributed by atoms with van der Waals surface area (Å²) < 4.78 is 4.15. The summed E-state index contributed by atoms with van der Waals surface area (Å²) in [5.74, 6) is -0.320. The summed E-state index contributed by atoms with van der Waals surface area (Å²) >= 11 is 3.26. The van der Waals surface area contributed by atoms with Gasteiger partial charge in [0.2, 0.25) is 11.8 Å². The highest BCUT2D eigenvalue weighted by molar-refractivity contribution is 9.10. The van der Waals surface area contributed by atoms with Gasteiger partial charge >= 0.3 is 0 Å². The lowest BCUT2D eigenvalue weighted by Crippen LogP contribution is -2.44. The van der Waals surface area contributed by atoms with Gasteiger partial charge in [0.25, 0.3) is 0 Å². The van der Waals surface area contributed by atoms with Crippen LogP contribution < -0.4 is 5.32 Å². The molecule has 0 spiro atoms. The van der Waals surface area contributed by atoms with Crippen molar-refractivity contribution >= 4 is 27.7 Å². The van der Waals surface area contributed by atoms with Gasteiger partial charge in [-0.15, -0.1) is 0 Å². The van der Waals surface area contributed by atoms with Crippen molar-refractivity contribution < 1.29 is 14.3 Å². The zero-order valence-electron chi connectivity index (χ0n) is 10.2. The second-order valence-electron chi connectivity index (χ2n) is 3.98. The summed E-state index contributed by atoms with van der Waals surface area (Å²) in [7, 11) is 3.16. The van der Waals surface area contributed by atoms with Crippen LogP contribution in [0.3, 0.4) is 0 Å². The minimum absolute atomic E-state index is 0.0532. The van der Waals surface area contributed by atoms with Gasteiger partial charge in [0, 0.05) is 20.7 Å². The van der Waals surface area contributed by atoms with Gasteiger partial charge in [0.05, 0.1) is 17.5 Å². The zero-order chi connectivity index (χ0) is 12.8. The lowest BCUT2D eigenvalue weighted by Gasteiger charge is -2.24. The minimum Gasteiger partial charge on any atom is -0.383 e. The molecule has 0 aromatic heterocycles. The minimum atomic E-state index is -0.644. The van der Waals surface area contributed by atoms with E-state index in [-0.39, 0.29) is 18.4 Å². The quantitative estimate of drug-likeness (QED) is 0.569. The fourth-order valence-corrected chi connectivity index (χ4v) is 1.39. The molecule has 6 heteroatoms. The van der Waals surface area contributed by atoms with Crippen molar-refractivity contribution in [2.75, 3.05) is 33.9 Å². The van der Waals surface area contributed by atoms with Crippen LogP contribution in [0, 0.1) is 0 Å². The molecule has 0 unspecified atom stereocenters. The predicted molar refractivity (Wildman–Crippen MR) is 65.5 cm³/mol. The Balaban J connectivity index is 4.00. The number of halogens is 1. The molecule has 0 aliphatic carbocycles. The van der Waals surface area contributed by atoms with Crippen LogP contribution in [0.1, 0.15) is 13.8 Å². The lowest BCUT2D eigenvalue weighted by atomic mass is 10.2. The van der Waals surface area contributed by atoms with Gasteiger partial charge in [-0.05, 0) is 13.8 Å². The molecule has 0 aromatic carbocycles. The molecule has 0 fully saturated rings. The van der Waals surface area contributed by atoms with E-state index in [1.807, 2.05) is 0 Å². The van der Waals surface area contributed by atoms with Crippen molar-refractivity contribution in [3.8, 4) is 0 Å². The molecule has 0 rings (SSSR count). The highest BCUT2D eigenvalue weighted by atomic mass is 79.9. The molecule has 1 N–H and O–H groups in total. The van der Waals surface area contributed by atoms with Gasteiger partial charge in [-0.1, -0.05) is 15.9 Å². The third-order valence-electron chi connectivity index (χ3n) is 1.86. The van der Waals surface area contributed by atoms with Crippen molar-refractivity contribution in [3.05, 3.63) is 0 Å². The number of rotatable bonds is 6. The number of likely N-dealkylation sites (N-methyl/N-ethyl adjacent to an activating group) is 1. The molecule has 0 aliphatic heterocycles. The Morgan fingerprint density at radius 3 is 2.44 bits per heavy atom. The Bertz CT molecular complexity index is 251. The zero-order valence-corrected chi connectivity index (χ0v) is 11.8. The van der Waals surface area contributed by atoms with E-state index in [2.05, 4.69) is 21.2 Å². The van der Waals surface area contributed by atoms with Gasteiger partial charge < -0.3 is 15.0 Å². The van der Waals surface area contributed by atoms with E-state index in [1.165, 1.54) is 4.90 Å². The fourth-order valence-electron chi connectivity index (χ4n) is 1.09. The first-order valence-electron chi connectivity index (χ1n) is 4.99. The summed E-state index contributed by atoms with van der Waals surface area (Å²) in [4.78, 5) is 24.5. The van der Waals surface area contributed by atoms with Crippen LogP contribution in [0.25, 0.3) is 0 Å². The number of methoxy groups -OCH3 is 1. The summed E-state index contributed by atoms with van der Waals surface area (Å²) in [6.45, 7) is 4.46. The number of hydrogen-bond donors (Lipinski definition) is 1. The van der Waals surface area contributed by atoms with Crippen molar-refractivity contribution in [2.45, 2.75) is 18.2 Å². The first-order valence-corrected chi connectivity index (χ1v) is 5.78. The van der Waals surface area contributed by atoms with Gasteiger partial charge in [-0.2, -0.15) is 0 Å². The number of nitrogens with one attached hydrogen (secondary N) is 1. The molecule has 5 nitrogen and oxygen atoms in total. The van der Waals surface area contributed by atoms with Crippen LogP contribution in [0.4, 0.5) is 0 Å². The van der Waals surface area contributed by atoms with Crippen molar-refractivity contribution in [2.24, 2.45) is 0 Å². The number of alkyl halides is 1. The molecule has 0 saturated heterocycles. The van der Waals surface area contributed by atoms with Crippen molar-refractivity contribution in [1.29, 1.82) is 0 Å². The summed E-state index contributed by atoms with van der Waals surface area (Å²) in [6.07, 6.45) is 0. The van der Waals surface area contributed by atoms with E-state index in [9.17, 15) is 9.59 Å². The normalized spacial score (nSPS) is 11.1. The van der Waals surface area contributed by atoms with Crippen LogP contribution in [-0.2, 0) is 14.3 Å². The van der Waals surface area contributed by atoms with Crippen LogP contribution >= 0.6 is 15.9 Å². The number of nitrogens with zero attached hydrogens (tertiary/aromatic N) is 1. The molecule has 0 heterocycles. The summed E-state index contributed by atoms with van der Waals surface area (Å²) in [5, 5.41) is 2.65. The Kier molecular flexibility index (Phi) is 6.59. The van der Waals surface area contributed by atoms with E-state index in [0.717, 1.165) is 0 Å². The van der Waals surface area contributed by atoms with E-state index >= 15 is 0 Å². The Hall–Kier alpha value is -0.620. The van der Waals surface area contributed by atoms with Gasteiger partial charge in [-0.3, -0.25) is 9.59 Å². The Morgan fingerprint density at radius 1 is 1.44 bits per heavy atom. The van der Waals surface area contributed by atoms with E-state index in [1.54, 1.807) is 28.0 Å². The van der Waals surface area contributed by atoms with Crippen LogP contribution in [0.2, 0.25) is 0 Å². The third-order valence-corrected chi connectivity index (χ3v) is 2.20. The van der Waals surface area contributed by atoms with Crippen LogP contribution in [-0.4, -0.2) is 54.9 Å². The molecule has 0 atom stereocenters. The second-order valence-corrected chi connectivity index (χ2v) is 5.96. The first-order chi connectivity index (χ1) is 7.29. The van der Waals surface area contributed by atoms with Crippen LogP contribution in [0.15, 0.2) is 0 Å². The molecule has 94 valence electrons. The SMILES string of the molecule is COCCNC(=O)CN(C)C(=O)C(C)(C)Br. The third kappa shape index (κ3) is 6.07. The molecule has 0 radical (unpaired) electrons. The largest absolute Gasteiger partial charge is 0.383 e. The second kappa shape index (κ2) is 6.85. The molecule has 0 aromatic rings. The maximum atomic E-state index is 11.7. The number of amides is 2. The molecule has 0 aliphatic rings. The number of carbonyl (C=O) groups excluding carboxylic acids is 2. The topological polar surface area (TPSA) is 58.6 Å². The van der Waals surface area contributed by atoms with Gasteiger partial charge in [0.15, 0.2) is 0 Å². The Morgan fingerprint density at radius 2 is 2.00 bits per heavy atom. The van der Waals surface area contributed by atoms with Crippen molar-refractivity contribution in [1.82, 2.24) is 10.2 Å². The molecule has 16 heavy (non-hydrogen) atoms. The number of carbonyl (C=O) groups is 2. The molecular formula is C10H19BrN2O3. The van der Waals surface area contributed by atoms with E-state index < -0.39 is 4.32 Å². The van der Waals surface area contributed by atoms with Gasteiger partial charge in [-0.25, -0.2) is 0 Å². The number of ether oxygens (including phenoxy) is 1. The molecule has 2 amide bonds. The highest BCUT2D eigenvalue weighted by Gasteiger charge is 2.27. The fraction of sp³-hybridized carbons (Fsp3) is 0.800. The molecular weight excluding hydrogens is 276 g/mol. The summed E-state index contributed by atoms with van der Waals surface area (Å²) in [6, 6.07) is 0. The van der Waals surface area contributed by atoms with Gasteiger partial charge in [0.1, 0.15) is 0 Å². The van der Waals surface area contributed by atoms with Crippen LogP contribution in [0.5, 0.6) is 0 Å². The average molecular weight is 295 g/mol. The Labute approximate surface area is 105 Å². The van der Waals surface area contributed by atoms with Crippen molar-refractivity contribution in [3.63, 3.8) is 0 Å². The van der Waals surface area contributed by atoms with E-state index in [4.69, 9.17) is 4.74 Å². The number of hydrogen-bond acceptors (Lipinski definition) is 3. The lowest BCUT2D eigenvalue weighted by molar-refractivity contribution is -0.135. The standard InChI is InChI=1S/C10H19BrN2O3/c1-10(2,11)9(15)13(3)7-8(14)12-5-6-16-4/h5-7H2,1-4H3,(H,12,14). The maximum Gasteiger partial charge on any atom is 0.239 e. The monoisotopic (exact) mass is 294 g/mol. The first kappa shape index (κ1) is 15.4. The maximum absolute atomic E-state index is 11.7.